The van der Waals surface area contributed by atoms with Gasteiger partial charge in [-0.2, -0.15) is 0 Å². The summed E-state index contributed by atoms with van der Waals surface area (Å²) in [4.78, 5) is 27.2. The molecular formula is C15H18BrN2O2+. The number of anilines is 1. The molecule has 1 aromatic carbocycles. The van der Waals surface area contributed by atoms with Crippen molar-refractivity contribution in [2.75, 3.05) is 24.7 Å². The average molecular weight is 338 g/mol. The van der Waals surface area contributed by atoms with Gasteiger partial charge in [0.2, 0.25) is 0 Å². The van der Waals surface area contributed by atoms with Gasteiger partial charge in [0, 0.05) is 4.47 Å². The van der Waals surface area contributed by atoms with Crippen LogP contribution in [0.4, 0.5) is 5.69 Å². The molecule has 0 radical (unpaired) electrons. The van der Waals surface area contributed by atoms with E-state index in [1.54, 1.807) is 11.0 Å². The predicted octanol–water partition coefficient (Wildman–Crippen LogP) is 1.25. The van der Waals surface area contributed by atoms with E-state index in [0.717, 1.165) is 29.2 Å². The van der Waals surface area contributed by atoms with E-state index >= 15 is 0 Å². The Morgan fingerprint density at radius 2 is 2.00 bits per heavy atom. The van der Waals surface area contributed by atoms with Crippen LogP contribution in [-0.2, 0) is 4.79 Å². The van der Waals surface area contributed by atoms with Crippen LogP contribution < -0.4 is 9.80 Å². The highest BCUT2D eigenvalue weighted by Gasteiger charge is 2.38. The summed E-state index contributed by atoms with van der Waals surface area (Å²) in [6.07, 6.45) is 2.39. The fourth-order valence-corrected chi connectivity index (χ4v) is 3.34. The van der Waals surface area contributed by atoms with Crippen LogP contribution in [0.15, 0.2) is 22.7 Å². The highest BCUT2D eigenvalue weighted by molar-refractivity contribution is 9.10. The van der Waals surface area contributed by atoms with E-state index in [4.69, 9.17) is 0 Å². The summed E-state index contributed by atoms with van der Waals surface area (Å²) in [5, 5.41) is 0. The molecule has 1 amide bonds. The molecule has 0 spiro atoms. The number of benzene rings is 1. The summed E-state index contributed by atoms with van der Waals surface area (Å²) < 4.78 is 0.832. The molecule has 5 heteroatoms. The SMILES string of the molecule is CC1CC[NH+](CN2C(=O)C(=O)c3cc(Br)ccc32)CC1. The van der Waals surface area contributed by atoms with Gasteiger partial charge in [0.1, 0.15) is 0 Å². The third kappa shape index (κ3) is 2.40. The largest absolute Gasteiger partial charge is 0.317 e. The second kappa shape index (κ2) is 5.30. The van der Waals surface area contributed by atoms with Crippen LogP contribution in [0.25, 0.3) is 0 Å². The van der Waals surface area contributed by atoms with Crippen molar-refractivity contribution in [3.8, 4) is 0 Å². The van der Waals surface area contributed by atoms with Crippen LogP contribution in [0.2, 0.25) is 0 Å². The number of carbonyl (C=O) groups excluding carboxylic acids is 2. The number of rotatable bonds is 2. The van der Waals surface area contributed by atoms with Crippen molar-refractivity contribution in [3.63, 3.8) is 0 Å². The van der Waals surface area contributed by atoms with Crippen molar-refractivity contribution in [2.45, 2.75) is 19.8 Å². The molecule has 106 valence electrons. The van der Waals surface area contributed by atoms with Gasteiger partial charge in [0.25, 0.3) is 5.78 Å². The molecule has 3 rings (SSSR count). The van der Waals surface area contributed by atoms with Crippen molar-refractivity contribution in [1.82, 2.24) is 0 Å². The quantitative estimate of drug-likeness (QED) is 0.825. The summed E-state index contributed by atoms with van der Waals surface area (Å²) in [6.45, 7) is 5.02. The van der Waals surface area contributed by atoms with Crippen molar-refractivity contribution >= 4 is 33.3 Å². The first kappa shape index (κ1) is 13.8. The predicted molar refractivity (Wildman–Crippen MR) is 79.9 cm³/mol. The second-order valence-corrected chi connectivity index (χ2v) is 6.73. The number of halogens is 1. The number of amides is 1. The molecule has 20 heavy (non-hydrogen) atoms. The van der Waals surface area contributed by atoms with Crippen molar-refractivity contribution in [3.05, 3.63) is 28.2 Å². The summed E-state index contributed by atoms with van der Waals surface area (Å²) >= 11 is 3.35. The molecule has 1 N–H and O–H groups in total. The highest BCUT2D eigenvalue weighted by atomic mass is 79.9. The van der Waals surface area contributed by atoms with Gasteiger partial charge in [-0.3, -0.25) is 14.5 Å². The maximum atomic E-state index is 12.2. The minimum atomic E-state index is -0.385. The monoisotopic (exact) mass is 337 g/mol. The van der Waals surface area contributed by atoms with Crippen molar-refractivity contribution < 1.29 is 14.5 Å². The van der Waals surface area contributed by atoms with Crippen LogP contribution >= 0.6 is 15.9 Å². The van der Waals surface area contributed by atoms with Gasteiger partial charge in [-0.15, -0.1) is 0 Å². The third-order valence-electron chi connectivity index (χ3n) is 4.30. The number of likely N-dealkylation sites (tertiary alicyclic amines) is 1. The van der Waals surface area contributed by atoms with E-state index < -0.39 is 0 Å². The number of nitrogens with one attached hydrogen (secondary N) is 1. The van der Waals surface area contributed by atoms with E-state index in [1.165, 1.54) is 17.7 Å². The molecule has 0 atom stereocenters. The fourth-order valence-electron chi connectivity index (χ4n) is 2.98. The van der Waals surface area contributed by atoms with Crippen LogP contribution in [-0.4, -0.2) is 31.4 Å². The number of piperidine rings is 1. The van der Waals surface area contributed by atoms with Gasteiger partial charge in [0.05, 0.1) is 24.3 Å². The lowest BCUT2D eigenvalue weighted by molar-refractivity contribution is -0.904. The number of hydrogen-bond donors (Lipinski definition) is 1. The summed E-state index contributed by atoms with van der Waals surface area (Å²) in [6, 6.07) is 5.47. The maximum Gasteiger partial charge on any atom is 0.303 e. The molecule has 0 aliphatic carbocycles. The Bertz CT molecular complexity index is 565. The molecule has 2 aliphatic heterocycles. The van der Waals surface area contributed by atoms with Crippen LogP contribution in [0.5, 0.6) is 0 Å². The Balaban J connectivity index is 1.81. The lowest BCUT2D eigenvalue weighted by Crippen LogP contribution is -3.14. The van der Waals surface area contributed by atoms with E-state index in [0.29, 0.717) is 12.2 Å². The molecule has 0 unspecified atom stereocenters. The maximum absolute atomic E-state index is 12.2. The molecule has 1 saturated heterocycles. The topological polar surface area (TPSA) is 41.8 Å². The molecule has 0 aromatic heterocycles. The van der Waals surface area contributed by atoms with Crippen LogP contribution in [0, 0.1) is 5.92 Å². The van der Waals surface area contributed by atoms with E-state index in [-0.39, 0.29) is 11.7 Å². The average Bonchev–Trinajstić information content (AvgIpc) is 2.66. The Kier molecular flexibility index (Phi) is 3.65. The Morgan fingerprint density at radius 1 is 1.30 bits per heavy atom. The molecule has 0 saturated carbocycles. The van der Waals surface area contributed by atoms with Crippen LogP contribution in [0.1, 0.15) is 30.1 Å². The molecule has 4 nitrogen and oxygen atoms in total. The van der Waals surface area contributed by atoms with E-state index in [1.807, 2.05) is 12.1 Å². The number of quaternary nitrogens is 1. The van der Waals surface area contributed by atoms with Gasteiger partial charge >= 0.3 is 5.91 Å². The third-order valence-corrected chi connectivity index (χ3v) is 4.79. The van der Waals surface area contributed by atoms with Crippen molar-refractivity contribution in [1.29, 1.82) is 0 Å². The summed E-state index contributed by atoms with van der Waals surface area (Å²) in [5.41, 5.74) is 1.28. The number of ketones is 1. The van der Waals surface area contributed by atoms with Crippen molar-refractivity contribution in [2.24, 2.45) is 5.92 Å². The molecule has 2 aliphatic rings. The number of fused-ring (bicyclic) bond motifs is 1. The second-order valence-electron chi connectivity index (χ2n) is 5.81. The normalized spacial score (nSPS) is 26.0. The zero-order valence-corrected chi connectivity index (χ0v) is 13.1. The molecule has 0 bridgehead atoms. The zero-order valence-electron chi connectivity index (χ0n) is 11.5. The van der Waals surface area contributed by atoms with Gasteiger partial charge in [-0.1, -0.05) is 22.9 Å². The molecule has 1 aromatic rings. The van der Waals surface area contributed by atoms with E-state index in [9.17, 15) is 9.59 Å². The van der Waals surface area contributed by atoms with Crippen LogP contribution in [0.3, 0.4) is 0 Å². The smallest absolute Gasteiger partial charge is 0.303 e. The Morgan fingerprint density at radius 3 is 2.70 bits per heavy atom. The van der Waals surface area contributed by atoms with E-state index in [2.05, 4.69) is 22.9 Å². The van der Waals surface area contributed by atoms with Gasteiger partial charge in [-0.25, -0.2) is 0 Å². The van der Waals surface area contributed by atoms with Gasteiger partial charge < -0.3 is 4.90 Å². The first-order valence-corrected chi connectivity index (χ1v) is 7.85. The lowest BCUT2D eigenvalue weighted by Gasteiger charge is -2.30. The minimum absolute atomic E-state index is 0.383. The molecular weight excluding hydrogens is 320 g/mol. The Hall–Kier alpha value is -1.20. The zero-order chi connectivity index (χ0) is 14.3. The first-order valence-electron chi connectivity index (χ1n) is 7.05. The number of nitrogens with zero attached hydrogens (tertiary/aromatic N) is 1. The lowest BCUT2D eigenvalue weighted by atomic mass is 10.00. The summed E-state index contributed by atoms with van der Waals surface area (Å²) in [7, 11) is 0. The highest BCUT2D eigenvalue weighted by Crippen LogP contribution is 2.30. The fraction of sp³-hybridized carbons (Fsp3) is 0.467. The summed E-state index contributed by atoms with van der Waals surface area (Å²) in [5.74, 6) is 0.00759. The number of hydrogen-bond acceptors (Lipinski definition) is 2. The minimum Gasteiger partial charge on any atom is -0.317 e. The first-order chi connectivity index (χ1) is 9.56. The van der Waals surface area contributed by atoms with Gasteiger partial charge in [0.15, 0.2) is 6.67 Å². The molecule has 1 fully saturated rings. The standard InChI is InChI=1S/C15H17BrN2O2/c1-10-4-6-17(7-5-10)9-18-13-3-2-11(16)8-12(13)14(19)15(18)20/h2-3,8,10H,4-7,9H2,1H3/p+1. The number of Topliss-reactive ketones (excluding diaryl/α,β-unsaturated/α-hetero) is 1. The Labute approximate surface area is 126 Å². The molecule has 2 heterocycles. The van der Waals surface area contributed by atoms with Gasteiger partial charge in [-0.05, 0) is 37.0 Å². The number of carbonyl (C=O) groups is 2.